The Kier molecular flexibility index (Phi) is 8.43. The van der Waals surface area contributed by atoms with Gasteiger partial charge in [0.25, 0.3) is 5.78 Å². The monoisotopic (exact) mass is 633 g/mol. The van der Waals surface area contributed by atoms with E-state index in [1.54, 1.807) is 36.4 Å². The molecule has 43 heavy (non-hydrogen) atoms. The van der Waals surface area contributed by atoms with Crippen molar-refractivity contribution in [3.63, 3.8) is 0 Å². The number of rotatable bonds is 9. The van der Waals surface area contributed by atoms with E-state index in [4.69, 9.17) is 21.1 Å². The first-order chi connectivity index (χ1) is 20.8. The van der Waals surface area contributed by atoms with Crippen LogP contribution in [0.25, 0.3) is 5.76 Å². The Hall–Kier alpha value is -3.86. The van der Waals surface area contributed by atoms with Crippen molar-refractivity contribution in [2.45, 2.75) is 48.9 Å². The number of nitrogens with zero attached hydrogens (tertiary/aromatic N) is 3. The van der Waals surface area contributed by atoms with Crippen LogP contribution < -0.4 is 14.4 Å². The maximum Gasteiger partial charge on any atom is 0.301 e. The maximum atomic E-state index is 13.6. The first-order valence-electron chi connectivity index (χ1n) is 13.9. The summed E-state index contributed by atoms with van der Waals surface area (Å²) in [7, 11) is 0. The van der Waals surface area contributed by atoms with E-state index in [1.807, 2.05) is 44.2 Å². The summed E-state index contributed by atoms with van der Waals surface area (Å²) in [5.41, 5.74) is 3.06. The van der Waals surface area contributed by atoms with Crippen LogP contribution in [0.5, 0.6) is 11.5 Å². The highest BCUT2D eigenvalue weighted by Gasteiger charge is 2.48. The number of ketones is 1. The average Bonchev–Trinajstić information content (AvgIpc) is 3.70. The van der Waals surface area contributed by atoms with Crippen LogP contribution in [-0.2, 0) is 21.8 Å². The zero-order valence-electron chi connectivity index (χ0n) is 23.5. The summed E-state index contributed by atoms with van der Waals surface area (Å²) in [6, 6.07) is 19.1. The van der Waals surface area contributed by atoms with E-state index in [-0.39, 0.29) is 22.6 Å². The molecule has 0 saturated carbocycles. The second-order valence-corrected chi connectivity index (χ2v) is 12.9. The molecule has 1 aromatic heterocycles. The fourth-order valence-electron chi connectivity index (χ4n) is 5.12. The molecule has 2 aliphatic rings. The zero-order chi connectivity index (χ0) is 30.1. The normalized spacial score (nSPS) is 19.0. The highest BCUT2D eigenvalue weighted by atomic mass is 35.5. The molecule has 1 N–H and O–H groups in total. The second kappa shape index (κ2) is 12.4. The fourth-order valence-corrected chi connectivity index (χ4v) is 7.07. The van der Waals surface area contributed by atoms with Crippen LogP contribution in [0.15, 0.2) is 76.6 Å². The number of fused-ring (bicyclic) bond motifs is 1. The van der Waals surface area contributed by atoms with Crippen LogP contribution in [0.3, 0.4) is 0 Å². The number of anilines is 1. The molecule has 11 heteroatoms. The number of aliphatic hydroxyl groups excluding tert-OH is 1. The lowest BCUT2D eigenvalue weighted by molar-refractivity contribution is -0.132. The molecule has 0 bridgehead atoms. The predicted octanol–water partition coefficient (Wildman–Crippen LogP) is 7.22. The third-order valence-corrected chi connectivity index (χ3v) is 9.54. The largest absolute Gasteiger partial charge is 0.507 e. The van der Waals surface area contributed by atoms with Gasteiger partial charge in [0.05, 0.1) is 18.2 Å². The Bertz CT molecular complexity index is 1700. The number of ether oxygens (including phenoxy) is 2. The first kappa shape index (κ1) is 29.2. The lowest BCUT2D eigenvalue weighted by atomic mass is 9.94. The van der Waals surface area contributed by atoms with Gasteiger partial charge in [-0.25, -0.2) is 0 Å². The first-order valence-corrected chi connectivity index (χ1v) is 16.0. The topological polar surface area (TPSA) is 102 Å². The van der Waals surface area contributed by atoms with Gasteiger partial charge in [-0.05, 0) is 72.5 Å². The van der Waals surface area contributed by atoms with E-state index >= 15 is 0 Å². The van der Waals surface area contributed by atoms with Crippen molar-refractivity contribution < 1.29 is 24.2 Å². The molecule has 8 nitrogen and oxygen atoms in total. The van der Waals surface area contributed by atoms with Gasteiger partial charge in [-0.15, -0.1) is 10.2 Å². The van der Waals surface area contributed by atoms with Crippen molar-refractivity contribution in [2.75, 3.05) is 11.5 Å². The number of thioether (sulfide) groups is 1. The minimum absolute atomic E-state index is 0.00953. The summed E-state index contributed by atoms with van der Waals surface area (Å²) in [5, 5.41) is 21.1. The summed E-state index contributed by atoms with van der Waals surface area (Å²) in [5.74, 6) is 0.244. The molecule has 1 fully saturated rings. The number of halogens is 1. The summed E-state index contributed by atoms with van der Waals surface area (Å²) in [6.45, 7) is 4.57. The van der Waals surface area contributed by atoms with Crippen LogP contribution in [-0.4, -0.2) is 39.7 Å². The highest BCUT2D eigenvalue weighted by Crippen LogP contribution is 2.45. The Morgan fingerprint density at radius 3 is 2.63 bits per heavy atom. The van der Waals surface area contributed by atoms with Crippen molar-refractivity contribution in [1.29, 1.82) is 0 Å². The molecule has 3 aromatic carbocycles. The van der Waals surface area contributed by atoms with Crippen molar-refractivity contribution in [2.24, 2.45) is 0 Å². The Morgan fingerprint density at radius 2 is 1.88 bits per heavy atom. The van der Waals surface area contributed by atoms with Crippen LogP contribution in [0, 0.1) is 0 Å². The molecular weight excluding hydrogens is 606 g/mol. The number of Topliss-reactive ketones (excluding diaryl/α,β-unsaturated/α-hetero) is 1. The number of carbonyl (C=O) groups is 2. The third-order valence-electron chi connectivity index (χ3n) is 7.16. The summed E-state index contributed by atoms with van der Waals surface area (Å²) < 4.78 is 12.2. The second-order valence-electron chi connectivity index (χ2n) is 10.3. The van der Waals surface area contributed by atoms with Crippen molar-refractivity contribution in [3.05, 3.63) is 99.6 Å². The maximum absolute atomic E-state index is 13.6. The molecule has 4 aromatic rings. The van der Waals surface area contributed by atoms with Crippen molar-refractivity contribution in [1.82, 2.24) is 10.2 Å². The molecule has 3 heterocycles. The van der Waals surface area contributed by atoms with Crippen LogP contribution >= 0.6 is 34.7 Å². The summed E-state index contributed by atoms with van der Waals surface area (Å²) >= 11 is 8.69. The lowest BCUT2D eigenvalue weighted by Gasteiger charge is -2.22. The van der Waals surface area contributed by atoms with Gasteiger partial charge >= 0.3 is 5.91 Å². The average molecular weight is 634 g/mol. The standard InChI is InChI=1S/C32H28ClN3O5S2/c1-3-14-40-24-11-6-20(7-12-24)27-26(28(37)21-8-13-25-22(16-21)15-18(2)41-25)29(38)30(39)36(27)31-34-35-32(43-31)42-17-19-4-9-23(33)10-5-19/h4-13,16,18,27,37H,3,14-15,17H2,1-2H3/b28-26+. The van der Waals surface area contributed by atoms with Crippen molar-refractivity contribution >= 4 is 57.3 Å². The van der Waals surface area contributed by atoms with E-state index in [0.717, 1.165) is 23.3 Å². The van der Waals surface area contributed by atoms with Gasteiger partial charge < -0.3 is 14.6 Å². The minimum atomic E-state index is -0.911. The van der Waals surface area contributed by atoms with Gasteiger partial charge in [0, 0.05) is 22.8 Å². The third kappa shape index (κ3) is 6.00. The highest BCUT2D eigenvalue weighted by molar-refractivity contribution is 8.00. The van der Waals surface area contributed by atoms with E-state index in [2.05, 4.69) is 10.2 Å². The van der Waals surface area contributed by atoms with E-state index in [0.29, 0.717) is 45.0 Å². The number of aliphatic hydroxyl groups is 1. The fraction of sp³-hybridized carbons (Fsp3) is 0.250. The summed E-state index contributed by atoms with van der Waals surface area (Å²) in [6.07, 6.45) is 1.58. The Balaban J connectivity index is 1.37. The number of hydrogen-bond donors (Lipinski definition) is 1. The molecule has 2 aliphatic heterocycles. The number of hydrogen-bond acceptors (Lipinski definition) is 9. The van der Waals surface area contributed by atoms with Gasteiger partial charge in [-0.3, -0.25) is 14.5 Å². The van der Waals surface area contributed by atoms with Crippen LogP contribution in [0.2, 0.25) is 5.02 Å². The van der Waals surface area contributed by atoms with Crippen LogP contribution in [0.4, 0.5) is 5.13 Å². The summed E-state index contributed by atoms with van der Waals surface area (Å²) in [4.78, 5) is 28.5. The molecule has 0 radical (unpaired) electrons. The Labute approximate surface area is 262 Å². The molecule has 2 atom stereocenters. The van der Waals surface area contributed by atoms with E-state index in [1.165, 1.54) is 28.0 Å². The molecule has 0 aliphatic carbocycles. The van der Waals surface area contributed by atoms with E-state index in [9.17, 15) is 14.7 Å². The van der Waals surface area contributed by atoms with Gasteiger partial charge in [0.15, 0.2) is 4.34 Å². The van der Waals surface area contributed by atoms with Gasteiger partial charge in [-0.1, -0.05) is 65.9 Å². The quantitative estimate of drug-likeness (QED) is 0.0678. The number of amides is 1. The number of aromatic nitrogens is 2. The molecule has 220 valence electrons. The smallest absolute Gasteiger partial charge is 0.301 e. The molecule has 0 spiro atoms. The van der Waals surface area contributed by atoms with E-state index < -0.39 is 17.7 Å². The van der Waals surface area contributed by atoms with Gasteiger partial charge in [-0.2, -0.15) is 0 Å². The molecular formula is C32H28ClN3O5S2. The molecule has 1 amide bonds. The predicted molar refractivity (Wildman–Crippen MR) is 168 cm³/mol. The minimum Gasteiger partial charge on any atom is -0.507 e. The molecule has 1 saturated heterocycles. The zero-order valence-corrected chi connectivity index (χ0v) is 25.8. The molecule has 2 unspecified atom stereocenters. The van der Waals surface area contributed by atoms with Gasteiger partial charge in [0.1, 0.15) is 23.4 Å². The van der Waals surface area contributed by atoms with Crippen LogP contribution in [0.1, 0.15) is 48.6 Å². The number of benzene rings is 3. The van der Waals surface area contributed by atoms with Gasteiger partial charge in [0.2, 0.25) is 5.13 Å². The Morgan fingerprint density at radius 1 is 1.12 bits per heavy atom. The number of carbonyl (C=O) groups excluding carboxylic acids is 2. The molecule has 6 rings (SSSR count). The van der Waals surface area contributed by atoms with Crippen molar-refractivity contribution in [3.8, 4) is 11.5 Å². The SMILES string of the molecule is CCCOc1ccc(C2/C(=C(\O)c3ccc4c(c3)CC(C)O4)C(=O)C(=O)N2c2nnc(SCc3ccc(Cl)cc3)s2)cc1. The lowest BCUT2D eigenvalue weighted by Crippen LogP contribution is -2.29.